The van der Waals surface area contributed by atoms with Gasteiger partial charge in [0.05, 0.1) is 17.1 Å². The van der Waals surface area contributed by atoms with Crippen molar-refractivity contribution in [3.63, 3.8) is 0 Å². The summed E-state index contributed by atoms with van der Waals surface area (Å²) in [5, 5.41) is 3.30. The predicted octanol–water partition coefficient (Wildman–Crippen LogP) is 3.76. The number of hydrogen-bond donors (Lipinski definition) is 1. The first-order chi connectivity index (χ1) is 10.7. The van der Waals surface area contributed by atoms with Crippen LogP contribution in [0.15, 0.2) is 48.5 Å². The Labute approximate surface area is 148 Å². The van der Waals surface area contributed by atoms with Gasteiger partial charge in [-0.3, -0.25) is 4.79 Å². The summed E-state index contributed by atoms with van der Waals surface area (Å²) in [7, 11) is 0. The Bertz CT molecular complexity index is 722. The first-order valence-corrected chi connectivity index (χ1v) is 8.00. The van der Waals surface area contributed by atoms with Crippen LogP contribution >= 0.6 is 34.2 Å². The van der Waals surface area contributed by atoms with Crippen LogP contribution in [0, 0.1) is 15.4 Å². The van der Waals surface area contributed by atoms with Crippen molar-refractivity contribution in [3.05, 3.63) is 62.7 Å². The van der Waals surface area contributed by atoms with Crippen LogP contribution in [-0.2, 0) is 0 Å². The molecular formula is C17H13ClINO2. The molecule has 0 aliphatic rings. The molecule has 1 N–H and O–H groups in total. The predicted molar refractivity (Wildman–Crippen MR) is 96.2 cm³/mol. The van der Waals surface area contributed by atoms with Crippen molar-refractivity contribution in [2.45, 2.75) is 0 Å². The number of benzene rings is 2. The summed E-state index contributed by atoms with van der Waals surface area (Å²) in [6, 6.07) is 14.6. The fourth-order valence-corrected chi connectivity index (χ4v) is 2.48. The van der Waals surface area contributed by atoms with E-state index in [1.54, 1.807) is 18.2 Å². The number of amides is 1. The molecule has 112 valence electrons. The van der Waals surface area contributed by atoms with E-state index in [9.17, 15) is 4.79 Å². The molecule has 0 bridgehead atoms. The molecule has 3 nitrogen and oxygen atoms in total. The normalized spacial score (nSPS) is 9.55. The molecule has 0 atom stereocenters. The van der Waals surface area contributed by atoms with Gasteiger partial charge < -0.3 is 10.1 Å². The van der Waals surface area contributed by atoms with Gasteiger partial charge in [-0.25, -0.2) is 0 Å². The highest BCUT2D eigenvalue weighted by Crippen LogP contribution is 2.22. The van der Waals surface area contributed by atoms with E-state index in [1.165, 1.54) is 0 Å². The van der Waals surface area contributed by atoms with E-state index in [2.05, 4.69) is 39.7 Å². The fourth-order valence-electron chi connectivity index (χ4n) is 1.65. The van der Waals surface area contributed by atoms with E-state index in [-0.39, 0.29) is 19.1 Å². The van der Waals surface area contributed by atoms with Crippen LogP contribution in [0.5, 0.6) is 5.75 Å². The van der Waals surface area contributed by atoms with Gasteiger partial charge in [0.1, 0.15) is 12.4 Å². The van der Waals surface area contributed by atoms with Gasteiger partial charge in [0, 0.05) is 3.57 Å². The highest BCUT2D eigenvalue weighted by atomic mass is 127. The largest absolute Gasteiger partial charge is 0.479 e. The molecule has 22 heavy (non-hydrogen) atoms. The maximum Gasteiger partial charge on any atom is 0.253 e. The minimum Gasteiger partial charge on any atom is -0.479 e. The number of ether oxygens (including phenoxy) is 1. The van der Waals surface area contributed by atoms with Crippen molar-refractivity contribution in [3.8, 4) is 17.6 Å². The lowest BCUT2D eigenvalue weighted by Gasteiger charge is -2.04. The number of carbonyl (C=O) groups excluding carboxylic acids is 1. The van der Waals surface area contributed by atoms with Gasteiger partial charge in [0.2, 0.25) is 0 Å². The standard InChI is InChI=1S/C17H13ClINO2/c18-14-8-2-4-10-16(14)22-12-6-5-11-20-17(21)13-7-1-3-9-15(13)19/h1-4,7-10H,11-12H2,(H,20,21). The second kappa shape index (κ2) is 8.66. The van der Waals surface area contributed by atoms with Crippen molar-refractivity contribution in [1.82, 2.24) is 5.32 Å². The summed E-state index contributed by atoms with van der Waals surface area (Å²) >= 11 is 8.09. The zero-order chi connectivity index (χ0) is 15.8. The molecule has 0 aliphatic carbocycles. The Morgan fingerprint density at radius 3 is 2.64 bits per heavy atom. The van der Waals surface area contributed by atoms with Crippen molar-refractivity contribution in [2.75, 3.05) is 13.2 Å². The molecule has 1 amide bonds. The van der Waals surface area contributed by atoms with Crippen molar-refractivity contribution < 1.29 is 9.53 Å². The Kier molecular flexibility index (Phi) is 6.56. The molecular weight excluding hydrogens is 413 g/mol. The fraction of sp³-hybridized carbons (Fsp3) is 0.118. The molecule has 2 aromatic carbocycles. The van der Waals surface area contributed by atoms with Crippen molar-refractivity contribution in [1.29, 1.82) is 0 Å². The number of hydrogen-bond acceptors (Lipinski definition) is 2. The number of rotatable bonds is 4. The lowest BCUT2D eigenvalue weighted by Crippen LogP contribution is -2.24. The van der Waals surface area contributed by atoms with E-state index in [0.29, 0.717) is 16.3 Å². The van der Waals surface area contributed by atoms with Crippen LogP contribution in [0.2, 0.25) is 5.02 Å². The first-order valence-electron chi connectivity index (χ1n) is 6.54. The minimum absolute atomic E-state index is 0.133. The Morgan fingerprint density at radius 2 is 1.86 bits per heavy atom. The van der Waals surface area contributed by atoms with Crippen LogP contribution in [0.4, 0.5) is 0 Å². The van der Waals surface area contributed by atoms with Gasteiger partial charge in [-0.15, -0.1) is 0 Å². The van der Waals surface area contributed by atoms with E-state index < -0.39 is 0 Å². The van der Waals surface area contributed by atoms with Gasteiger partial charge in [-0.2, -0.15) is 0 Å². The number of halogens is 2. The highest BCUT2D eigenvalue weighted by molar-refractivity contribution is 14.1. The van der Waals surface area contributed by atoms with E-state index >= 15 is 0 Å². The number of para-hydroxylation sites is 1. The molecule has 0 unspecified atom stereocenters. The van der Waals surface area contributed by atoms with Crippen LogP contribution in [0.25, 0.3) is 0 Å². The molecule has 0 radical (unpaired) electrons. The summed E-state index contributed by atoms with van der Waals surface area (Å²) in [5.74, 6) is 6.14. The monoisotopic (exact) mass is 425 g/mol. The molecule has 2 rings (SSSR count). The van der Waals surface area contributed by atoms with Crippen LogP contribution < -0.4 is 10.1 Å². The van der Waals surface area contributed by atoms with Crippen molar-refractivity contribution >= 4 is 40.1 Å². The van der Waals surface area contributed by atoms with E-state index in [4.69, 9.17) is 16.3 Å². The van der Waals surface area contributed by atoms with Gasteiger partial charge in [0.15, 0.2) is 0 Å². The third kappa shape index (κ3) is 4.93. The summed E-state index contributed by atoms with van der Waals surface area (Å²) in [4.78, 5) is 11.9. The summed E-state index contributed by atoms with van der Waals surface area (Å²) in [5.41, 5.74) is 0.650. The van der Waals surface area contributed by atoms with Gasteiger partial charge >= 0.3 is 0 Å². The Morgan fingerprint density at radius 1 is 1.14 bits per heavy atom. The summed E-state index contributed by atoms with van der Waals surface area (Å²) in [6.07, 6.45) is 0. The Balaban J connectivity index is 1.77. The third-order valence-corrected chi connectivity index (χ3v) is 3.97. The van der Waals surface area contributed by atoms with E-state index in [1.807, 2.05) is 30.3 Å². The Hall–Kier alpha value is -1.71. The summed E-state index contributed by atoms with van der Waals surface area (Å²) in [6.45, 7) is 0.498. The van der Waals surface area contributed by atoms with Gasteiger partial charge in [-0.1, -0.05) is 47.7 Å². The molecule has 0 spiro atoms. The molecule has 0 heterocycles. The number of nitrogens with one attached hydrogen (secondary N) is 1. The third-order valence-electron chi connectivity index (χ3n) is 2.72. The highest BCUT2D eigenvalue weighted by Gasteiger charge is 2.06. The molecule has 0 aliphatic heterocycles. The second-order valence-electron chi connectivity index (χ2n) is 4.24. The molecule has 0 aromatic heterocycles. The lowest BCUT2D eigenvalue weighted by molar-refractivity contribution is 0.0958. The van der Waals surface area contributed by atoms with Crippen LogP contribution in [-0.4, -0.2) is 19.1 Å². The first kappa shape index (κ1) is 16.7. The molecule has 0 fully saturated rings. The molecule has 0 saturated carbocycles. The van der Waals surface area contributed by atoms with Crippen LogP contribution in [0.1, 0.15) is 10.4 Å². The zero-order valence-electron chi connectivity index (χ0n) is 11.6. The molecule has 2 aromatic rings. The maximum absolute atomic E-state index is 11.9. The second-order valence-corrected chi connectivity index (χ2v) is 5.80. The average molecular weight is 426 g/mol. The van der Waals surface area contributed by atoms with Gasteiger partial charge in [-0.05, 0) is 46.9 Å². The lowest BCUT2D eigenvalue weighted by atomic mass is 10.2. The van der Waals surface area contributed by atoms with Crippen LogP contribution in [0.3, 0.4) is 0 Å². The van der Waals surface area contributed by atoms with Crippen molar-refractivity contribution in [2.24, 2.45) is 0 Å². The minimum atomic E-state index is -0.133. The average Bonchev–Trinajstić information content (AvgIpc) is 2.52. The summed E-state index contributed by atoms with van der Waals surface area (Å²) < 4.78 is 6.34. The van der Waals surface area contributed by atoms with E-state index in [0.717, 1.165) is 3.57 Å². The maximum atomic E-state index is 11.9. The zero-order valence-corrected chi connectivity index (χ0v) is 14.5. The SMILES string of the molecule is O=C(NCC#CCOc1ccccc1Cl)c1ccccc1I. The molecule has 0 saturated heterocycles. The topological polar surface area (TPSA) is 38.3 Å². The molecule has 5 heteroatoms. The number of carbonyl (C=O) groups is 1. The van der Waals surface area contributed by atoms with Gasteiger partial charge in [0.25, 0.3) is 5.91 Å². The quantitative estimate of drug-likeness (QED) is 0.598. The smallest absolute Gasteiger partial charge is 0.253 e.